The summed E-state index contributed by atoms with van der Waals surface area (Å²) in [6, 6.07) is 2.11. The monoisotopic (exact) mass is 457 g/mol. The molecule has 1 rings (SSSR count). The van der Waals surface area contributed by atoms with Crippen LogP contribution in [0.2, 0.25) is 0 Å². The van der Waals surface area contributed by atoms with Gasteiger partial charge in [-0.1, -0.05) is 0 Å². The smallest absolute Gasteiger partial charge is 0.114 e. The molecule has 0 aliphatic carbocycles. The molecule has 1 aromatic heterocycles. The van der Waals surface area contributed by atoms with Crippen LogP contribution in [0.3, 0.4) is 0 Å². The summed E-state index contributed by atoms with van der Waals surface area (Å²) in [7, 11) is 0. The summed E-state index contributed by atoms with van der Waals surface area (Å²) in [4.78, 5) is 4.15. The maximum absolute atomic E-state index is 4.15. The zero-order valence-corrected chi connectivity index (χ0v) is 10.7. The molecular weight excluding hydrogens is 455 g/mol. The fourth-order valence-electron chi connectivity index (χ4n) is 0.398. The highest BCUT2D eigenvalue weighted by atomic mass is 127. The second kappa shape index (κ2) is 3.65. The van der Waals surface area contributed by atoms with Crippen LogP contribution in [-0.2, 0) is 0 Å². The Morgan fingerprint density at radius 3 is 2.33 bits per heavy atom. The zero-order valence-electron chi connectivity index (χ0n) is 4.24. The van der Waals surface area contributed by atoms with Gasteiger partial charge in [-0.15, -0.1) is 0 Å². The molecule has 0 aromatic carbocycles. The van der Waals surface area contributed by atoms with E-state index in [2.05, 4.69) is 78.8 Å². The molecule has 0 atom stereocenters. The summed E-state index contributed by atoms with van der Waals surface area (Å²) >= 11 is 6.75. The maximum atomic E-state index is 4.15. The fourth-order valence-corrected chi connectivity index (χ4v) is 2.21. The molecule has 1 nitrogen and oxygen atoms in total. The van der Waals surface area contributed by atoms with Gasteiger partial charge in [0, 0.05) is 13.3 Å². The standard InChI is InChI=1S/C5H2I3N/c6-3-1-4(7)5(8)9-2-3/h1-2H. The van der Waals surface area contributed by atoms with Gasteiger partial charge in [-0.2, -0.15) is 0 Å². The lowest BCUT2D eigenvalue weighted by Gasteiger charge is -1.93. The fraction of sp³-hybridized carbons (Fsp3) is 0. The minimum absolute atomic E-state index is 1.08. The first kappa shape index (κ1) is 8.44. The average Bonchev–Trinajstić information content (AvgIpc) is 1.80. The molecule has 1 aromatic rings. The lowest BCUT2D eigenvalue weighted by atomic mass is 10.5. The number of halogens is 3. The summed E-state index contributed by atoms with van der Waals surface area (Å²) in [5, 5.41) is 0. The SMILES string of the molecule is Ic1cnc(I)c(I)c1. The molecule has 4 heteroatoms. The normalized spacial score (nSPS) is 9.67. The van der Waals surface area contributed by atoms with E-state index in [1.807, 2.05) is 6.20 Å². The minimum atomic E-state index is 1.08. The van der Waals surface area contributed by atoms with Crippen LogP contribution in [0.25, 0.3) is 0 Å². The van der Waals surface area contributed by atoms with Crippen molar-refractivity contribution in [3.05, 3.63) is 23.1 Å². The van der Waals surface area contributed by atoms with Crippen molar-refractivity contribution in [1.82, 2.24) is 4.98 Å². The van der Waals surface area contributed by atoms with Gasteiger partial charge < -0.3 is 0 Å². The van der Waals surface area contributed by atoms with E-state index >= 15 is 0 Å². The first-order valence-electron chi connectivity index (χ1n) is 2.16. The Morgan fingerprint density at radius 2 is 1.89 bits per heavy atom. The Balaban J connectivity index is 3.17. The average molecular weight is 457 g/mol. The summed E-state index contributed by atoms with van der Waals surface area (Å²) in [6.07, 6.45) is 1.87. The van der Waals surface area contributed by atoms with Crippen molar-refractivity contribution in [2.45, 2.75) is 0 Å². The molecule has 0 aliphatic rings. The third kappa shape index (κ3) is 2.45. The molecule has 0 radical (unpaired) electrons. The van der Waals surface area contributed by atoms with Crippen LogP contribution in [0, 0.1) is 10.8 Å². The predicted octanol–water partition coefficient (Wildman–Crippen LogP) is 2.90. The van der Waals surface area contributed by atoms with Gasteiger partial charge in [-0.3, -0.25) is 0 Å². The first-order chi connectivity index (χ1) is 4.20. The van der Waals surface area contributed by atoms with E-state index < -0.39 is 0 Å². The number of rotatable bonds is 0. The molecule has 9 heavy (non-hydrogen) atoms. The quantitative estimate of drug-likeness (QED) is 0.432. The highest BCUT2D eigenvalue weighted by molar-refractivity contribution is 14.1. The third-order valence-electron chi connectivity index (χ3n) is 0.763. The topological polar surface area (TPSA) is 12.9 Å². The van der Waals surface area contributed by atoms with Crippen molar-refractivity contribution in [1.29, 1.82) is 0 Å². The van der Waals surface area contributed by atoms with Gasteiger partial charge in [0.15, 0.2) is 0 Å². The highest BCUT2D eigenvalue weighted by Crippen LogP contribution is 2.14. The van der Waals surface area contributed by atoms with E-state index in [1.54, 1.807) is 0 Å². The molecule has 48 valence electrons. The second-order valence-electron chi connectivity index (χ2n) is 1.43. The molecule has 0 unspecified atom stereocenters. The molecule has 0 fully saturated rings. The van der Waals surface area contributed by atoms with Gasteiger partial charge in [0.1, 0.15) is 3.70 Å². The van der Waals surface area contributed by atoms with Crippen LogP contribution in [-0.4, -0.2) is 4.98 Å². The van der Waals surface area contributed by atoms with Gasteiger partial charge >= 0.3 is 0 Å². The summed E-state index contributed by atoms with van der Waals surface area (Å²) in [5.41, 5.74) is 0. The third-order valence-corrected chi connectivity index (χ3v) is 4.07. The lowest BCUT2D eigenvalue weighted by molar-refractivity contribution is 1.23. The highest BCUT2D eigenvalue weighted by Gasteiger charge is 1.95. The van der Waals surface area contributed by atoms with Gasteiger partial charge in [-0.05, 0) is 73.8 Å². The summed E-state index contributed by atoms with van der Waals surface area (Å²) in [6.45, 7) is 0. The Morgan fingerprint density at radius 1 is 1.22 bits per heavy atom. The Hall–Kier alpha value is 1.34. The van der Waals surface area contributed by atoms with E-state index in [9.17, 15) is 0 Å². The van der Waals surface area contributed by atoms with Crippen molar-refractivity contribution >= 4 is 67.8 Å². The molecule has 1 heterocycles. The van der Waals surface area contributed by atoms with Crippen molar-refractivity contribution in [2.75, 3.05) is 0 Å². The van der Waals surface area contributed by atoms with Gasteiger partial charge in [-0.25, -0.2) is 4.98 Å². The number of pyridine rings is 1. The van der Waals surface area contributed by atoms with Crippen molar-refractivity contribution in [3.8, 4) is 0 Å². The van der Waals surface area contributed by atoms with Crippen LogP contribution < -0.4 is 0 Å². The number of hydrogen-bond acceptors (Lipinski definition) is 1. The van der Waals surface area contributed by atoms with Crippen LogP contribution >= 0.6 is 67.8 Å². The second-order valence-corrected chi connectivity index (χ2v) is 4.86. The Bertz CT molecular complexity index is 223. The molecular formula is C5H2I3N. The predicted molar refractivity (Wildman–Crippen MR) is 62.4 cm³/mol. The summed E-state index contributed by atoms with van der Waals surface area (Å²) < 4.78 is 3.49. The lowest BCUT2D eigenvalue weighted by Crippen LogP contribution is -1.85. The number of aromatic nitrogens is 1. The molecule has 0 N–H and O–H groups in total. The van der Waals surface area contributed by atoms with Crippen LogP contribution in [0.4, 0.5) is 0 Å². The molecule has 0 aliphatic heterocycles. The van der Waals surface area contributed by atoms with Crippen molar-refractivity contribution in [2.24, 2.45) is 0 Å². The van der Waals surface area contributed by atoms with E-state index in [1.165, 1.54) is 7.14 Å². The van der Waals surface area contributed by atoms with E-state index in [4.69, 9.17) is 0 Å². The maximum Gasteiger partial charge on any atom is 0.114 e. The molecule has 0 amide bonds. The Kier molecular flexibility index (Phi) is 3.42. The van der Waals surface area contributed by atoms with Crippen LogP contribution in [0.5, 0.6) is 0 Å². The molecule has 0 spiro atoms. The van der Waals surface area contributed by atoms with Crippen molar-refractivity contribution < 1.29 is 0 Å². The van der Waals surface area contributed by atoms with Crippen molar-refractivity contribution in [3.63, 3.8) is 0 Å². The summed E-state index contributed by atoms with van der Waals surface area (Å²) in [5.74, 6) is 0. The van der Waals surface area contributed by atoms with E-state index in [0.29, 0.717) is 0 Å². The molecule has 0 saturated heterocycles. The minimum Gasteiger partial charge on any atom is -0.248 e. The van der Waals surface area contributed by atoms with E-state index in [-0.39, 0.29) is 0 Å². The molecule has 0 saturated carbocycles. The number of nitrogens with zero attached hydrogens (tertiary/aromatic N) is 1. The van der Waals surface area contributed by atoms with Gasteiger partial charge in [0.05, 0.1) is 0 Å². The zero-order chi connectivity index (χ0) is 6.85. The Labute approximate surface area is 94.4 Å². The van der Waals surface area contributed by atoms with Crippen LogP contribution in [0.15, 0.2) is 12.3 Å². The first-order valence-corrected chi connectivity index (χ1v) is 5.40. The van der Waals surface area contributed by atoms with Gasteiger partial charge in [0.25, 0.3) is 0 Å². The van der Waals surface area contributed by atoms with Crippen LogP contribution in [0.1, 0.15) is 0 Å². The largest absolute Gasteiger partial charge is 0.248 e. The number of hydrogen-bond donors (Lipinski definition) is 0. The van der Waals surface area contributed by atoms with Gasteiger partial charge in [0.2, 0.25) is 0 Å². The van der Waals surface area contributed by atoms with E-state index in [0.717, 1.165) is 3.70 Å². The molecule has 0 bridgehead atoms.